The van der Waals surface area contributed by atoms with Gasteiger partial charge in [0.15, 0.2) is 0 Å². The Bertz CT molecular complexity index is 877. The summed E-state index contributed by atoms with van der Waals surface area (Å²) >= 11 is 0. The number of carbonyl (C=O) groups excluding carboxylic acids is 1. The van der Waals surface area contributed by atoms with E-state index in [0.29, 0.717) is 13.0 Å². The largest absolute Gasteiger partial charge is 0.493 e. The molecule has 0 saturated heterocycles. The Morgan fingerprint density at radius 1 is 0.917 bits per heavy atom. The number of rotatable bonds is 5. The van der Waals surface area contributed by atoms with E-state index in [1.807, 2.05) is 36.4 Å². The normalized spacial score (nSPS) is 12.3. The Morgan fingerprint density at radius 3 is 2.54 bits per heavy atom. The van der Waals surface area contributed by atoms with Crippen LogP contribution in [0.15, 0.2) is 60.7 Å². The van der Waals surface area contributed by atoms with Crippen molar-refractivity contribution >= 4 is 22.4 Å². The highest BCUT2D eigenvalue weighted by Gasteiger charge is 2.16. The number of anilines is 1. The second kappa shape index (κ2) is 6.36. The third-order valence-corrected chi connectivity index (χ3v) is 4.49. The van der Waals surface area contributed by atoms with Gasteiger partial charge in [0.2, 0.25) is 5.91 Å². The van der Waals surface area contributed by atoms with Crippen LogP contribution in [0.5, 0.6) is 5.75 Å². The van der Waals surface area contributed by atoms with Crippen LogP contribution in [-0.2, 0) is 17.6 Å². The van der Waals surface area contributed by atoms with Gasteiger partial charge in [0.25, 0.3) is 0 Å². The molecule has 0 bridgehead atoms. The number of ether oxygens (including phenoxy) is 1. The van der Waals surface area contributed by atoms with Crippen molar-refractivity contribution in [3.8, 4) is 5.75 Å². The zero-order chi connectivity index (χ0) is 16.4. The number of nitrogens with one attached hydrogen (secondary N) is 1. The summed E-state index contributed by atoms with van der Waals surface area (Å²) in [5.74, 6) is 0.764. The van der Waals surface area contributed by atoms with Gasteiger partial charge in [-0.05, 0) is 47.6 Å². The summed E-state index contributed by atoms with van der Waals surface area (Å²) < 4.78 is 5.59. The Kier molecular flexibility index (Phi) is 3.91. The molecule has 1 N–H and O–H groups in total. The fourth-order valence-electron chi connectivity index (χ4n) is 3.35. The van der Waals surface area contributed by atoms with E-state index in [0.717, 1.165) is 29.7 Å². The van der Waals surface area contributed by atoms with Crippen LogP contribution < -0.4 is 10.1 Å². The third-order valence-electron chi connectivity index (χ3n) is 4.49. The summed E-state index contributed by atoms with van der Waals surface area (Å²) in [7, 11) is 0. The third kappa shape index (κ3) is 2.85. The molecule has 0 unspecified atom stereocenters. The van der Waals surface area contributed by atoms with Crippen molar-refractivity contribution < 1.29 is 9.53 Å². The smallest absolute Gasteiger partial charge is 0.227 e. The monoisotopic (exact) mass is 317 g/mol. The van der Waals surface area contributed by atoms with Gasteiger partial charge in [-0.25, -0.2) is 0 Å². The van der Waals surface area contributed by atoms with Crippen molar-refractivity contribution in [1.82, 2.24) is 0 Å². The lowest BCUT2D eigenvalue weighted by Crippen LogP contribution is -2.15. The van der Waals surface area contributed by atoms with Gasteiger partial charge in [-0.2, -0.15) is 0 Å². The summed E-state index contributed by atoms with van der Waals surface area (Å²) in [6.07, 6.45) is 2.52. The lowest BCUT2D eigenvalue weighted by Gasteiger charge is -2.11. The van der Waals surface area contributed by atoms with Gasteiger partial charge >= 0.3 is 0 Å². The molecule has 3 heteroatoms. The van der Waals surface area contributed by atoms with Crippen LogP contribution in [0.2, 0.25) is 0 Å². The Balaban J connectivity index is 1.44. The van der Waals surface area contributed by atoms with Crippen LogP contribution in [0.3, 0.4) is 0 Å². The Hall–Kier alpha value is -2.81. The highest BCUT2D eigenvalue weighted by Crippen LogP contribution is 2.34. The van der Waals surface area contributed by atoms with Crippen molar-refractivity contribution in [2.45, 2.75) is 19.3 Å². The molecule has 1 amide bonds. The SMILES string of the molecule is O=C(CCOc1ccccc1)Nc1ccc2c3c(cccc13)CC2. The maximum Gasteiger partial charge on any atom is 0.227 e. The maximum absolute atomic E-state index is 12.2. The predicted molar refractivity (Wildman–Crippen MR) is 96.5 cm³/mol. The van der Waals surface area contributed by atoms with E-state index in [1.54, 1.807) is 0 Å². The number of aryl methyl sites for hydroxylation is 2. The van der Waals surface area contributed by atoms with Gasteiger partial charge in [0.05, 0.1) is 13.0 Å². The van der Waals surface area contributed by atoms with Gasteiger partial charge in [0.1, 0.15) is 5.75 Å². The van der Waals surface area contributed by atoms with Crippen LogP contribution in [0.25, 0.3) is 10.8 Å². The molecule has 1 aliphatic carbocycles. The van der Waals surface area contributed by atoms with Gasteiger partial charge in [-0.3, -0.25) is 4.79 Å². The standard InChI is InChI=1S/C21H19NO2/c23-20(13-14-24-17-6-2-1-3-7-17)22-19-12-11-16-10-9-15-5-4-8-18(19)21(15)16/h1-8,11-12H,9-10,13-14H2,(H,22,23). The molecule has 24 heavy (non-hydrogen) atoms. The van der Waals surface area contributed by atoms with E-state index in [-0.39, 0.29) is 5.91 Å². The first-order chi connectivity index (χ1) is 11.8. The highest BCUT2D eigenvalue weighted by atomic mass is 16.5. The van der Waals surface area contributed by atoms with Gasteiger partial charge in [-0.15, -0.1) is 0 Å². The van der Waals surface area contributed by atoms with Crippen molar-refractivity contribution in [2.75, 3.05) is 11.9 Å². The van der Waals surface area contributed by atoms with Gasteiger partial charge < -0.3 is 10.1 Å². The molecule has 1 aliphatic rings. The second-order valence-electron chi connectivity index (χ2n) is 6.07. The van der Waals surface area contributed by atoms with Crippen molar-refractivity contribution in [3.63, 3.8) is 0 Å². The summed E-state index contributed by atoms with van der Waals surface area (Å²) in [6.45, 7) is 0.372. The maximum atomic E-state index is 12.2. The van der Waals surface area contributed by atoms with E-state index in [9.17, 15) is 4.79 Å². The molecule has 3 nitrogen and oxygen atoms in total. The zero-order valence-electron chi connectivity index (χ0n) is 13.4. The minimum atomic E-state index is -0.0235. The summed E-state index contributed by atoms with van der Waals surface area (Å²) in [6, 6.07) is 20.0. The molecule has 0 aliphatic heterocycles. The second-order valence-corrected chi connectivity index (χ2v) is 6.07. The molecule has 3 aromatic carbocycles. The lowest BCUT2D eigenvalue weighted by molar-refractivity contribution is -0.116. The molecule has 0 spiro atoms. The molecular weight excluding hydrogens is 298 g/mol. The topological polar surface area (TPSA) is 38.3 Å². The van der Waals surface area contributed by atoms with Crippen molar-refractivity contribution in [2.24, 2.45) is 0 Å². The summed E-state index contributed by atoms with van der Waals surface area (Å²) in [5, 5.41) is 5.49. The number of hydrogen-bond donors (Lipinski definition) is 1. The fraction of sp³-hybridized carbons (Fsp3) is 0.190. The van der Waals surface area contributed by atoms with E-state index in [2.05, 4.69) is 29.6 Å². The minimum absolute atomic E-state index is 0.0235. The molecular formula is C21H19NO2. The summed E-state index contributed by atoms with van der Waals surface area (Å²) in [5.41, 5.74) is 3.65. The fourth-order valence-corrected chi connectivity index (χ4v) is 3.35. The van der Waals surface area contributed by atoms with Gasteiger partial charge in [0, 0.05) is 11.1 Å². The summed E-state index contributed by atoms with van der Waals surface area (Å²) in [4.78, 5) is 12.2. The van der Waals surface area contributed by atoms with Crippen LogP contribution >= 0.6 is 0 Å². The minimum Gasteiger partial charge on any atom is -0.493 e. The molecule has 0 saturated carbocycles. The Morgan fingerprint density at radius 2 is 1.71 bits per heavy atom. The van der Waals surface area contributed by atoms with Crippen LogP contribution in [0.1, 0.15) is 17.5 Å². The molecule has 0 fully saturated rings. The van der Waals surface area contributed by atoms with E-state index >= 15 is 0 Å². The van der Waals surface area contributed by atoms with Crippen molar-refractivity contribution in [3.05, 3.63) is 71.8 Å². The number of carbonyl (C=O) groups is 1. The lowest BCUT2D eigenvalue weighted by atomic mass is 10.0. The highest BCUT2D eigenvalue weighted by molar-refractivity contribution is 6.05. The molecule has 3 aromatic rings. The Labute approximate surface area is 141 Å². The van der Waals surface area contributed by atoms with Crippen LogP contribution in [-0.4, -0.2) is 12.5 Å². The number of benzene rings is 3. The van der Waals surface area contributed by atoms with E-state index in [4.69, 9.17) is 4.74 Å². The first-order valence-electron chi connectivity index (χ1n) is 8.32. The molecule has 4 rings (SSSR count). The van der Waals surface area contributed by atoms with Crippen molar-refractivity contribution in [1.29, 1.82) is 0 Å². The molecule has 0 atom stereocenters. The average Bonchev–Trinajstić information content (AvgIpc) is 3.03. The van der Waals surface area contributed by atoms with E-state index in [1.165, 1.54) is 16.5 Å². The van der Waals surface area contributed by atoms with Gasteiger partial charge in [-0.1, -0.05) is 42.5 Å². The first kappa shape index (κ1) is 14.8. The predicted octanol–water partition coefficient (Wildman–Crippen LogP) is 4.35. The molecule has 120 valence electrons. The number of amides is 1. The number of para-hydroxylation sites is 1. The molecule has 0 radical (unpaired) electrons. The van der Waals surface area contributed by atoms with Crippen LogP contribution in [0, 0.1) is 0 Å². The zero-order valence-corrected chi connectivity index (χ0v) is 13.4. The molecule has 0 aromatic heterocycles. The quantitative estimate of drug-likeness (QED) is 0.760. The average molecular weight is 317 g/mol. The number of hydrogen-bond acceptors (Lipinski definition) is 2. The van der Waals surface area contributed by atoms with Crippen LogP contribution in [0.4, 0.5) is 5.69 Å². The van der Waals surface area contributed by atoms with E-state index < -0.39 is 0 Å². The molecule has 0 heterocycles. The first-order valence-corrected chi connectivity index (χ1v) is 8.32.